The van der Waals surface area contributed by atoms with Gasteiger partial charge in [0.1, 0.15) is 0 Å². The molecule has 0 aliphatic heterocycles. The standard InChI is InChI=1S/C13H23N3S.CH2O2/c1-10-11-9-13(2,3)6-5-12(11)14-16(10)8-7-15(4)17;2-1-3/h17H,5-9H2,1-4H3;1H,(H,2,3). The molecule has 0 aromatic carbocycles. The quantitative estimate of drug-likeness (QED) is 0.663. The number of nitrogens with zero attached hydrogens (tertiary/aromatic N) is 3. The molecule has 5 nitrogen and oxygen atoms in total. The van der Waals surface area contributed by atoms with Gasteiger partial charge in [0.2, 0.25) is 0 Å². The summed E-state index contributed by atoms with van der Waals surface area (Å²) < 4.78 is 4.06. The minimum Gasteiger partial charge on any atom is -0.483 e. The Morgan fingerprint density at radius 3 is 2.70 bits per heavy atom. The topological polar surface area (TPSA) is 58.4 Å². The van der Waals surface area contributed by atoms with E-state index in [1.165, 1.54) is 29.8 Å². The lowest BCUT2D eigenvalue weighted by Crippen LogP contribution is -2.21. The van der Waals surface area contributed by atoms with Crippen molar-refractivity contribution < 1.29 is 9.90 Å². The molecule has 1 aromatic rings. The average Bonchev–Trinajstić information content (AvgIpc) is 2.64. The highest BCUT2D eigenvalue weighted by Gasteiger charge is 2.29. The Hall–Kier alpha value is -1.01. The normalized spacial score (nSPS) is 16.3. The van der Waals surface area contributed by atoms with Crippen LogP contribution in [-0.4, -0.2) is 39.3 Å². The van der Waals surface area contributed by atoms with Gasteiger partial charge in [-0.2, -0.15) is 5.10 Å². The summed E-state index contributed by atoms with van der Waals surface area (Å²) in [5, 5.41) is 11.6. The minimum atomic E-state index is -0.250. The zero-order valence-electron chi connectivity index (χ0n) is 12.8. The first-order valence-corrected chi connectivity index (χ1v) is 7.23. The molecule has 0 saturated carbocycles. The number of fused-ring (bicyclic) bond motifs is 1. The Labute approximate surface area is 126 Å². The molecule has 114 valence electrons. The lowest BCUT2D eigenvalue weighted by Gasteiger charge is -2.28. The SMILES string of the molecule is Cc1c2c(nn1CCN(C)S)CCC(C)(C)C2.O=CO. The number of hydrogen-bond donors (Lipinski definition) is 2. The maximum absolute atomic E-state index is 8.36. The number of thiol groups is 1. The number of aromatic nitrogens is 2. The van der Waals surface area contributed by atoms with Crippen LogP contribution in [0.3, 0.4) is 0 Å². The van der Waals surface area contributed by atoms with Gasteiger partial charge in [-0.3, -0.25) is 13.8 Å². The second-order valence-electron chi connectivity index (χ2n) is 6.06. The van der Waals surface area contributed by atoms with E-state index >= 15 is 0 Å². The highest BCUT2D eigenvalue weighted by Crippen LogP contribution is 2.35. The molecule has 0 fully saturated rings. The summed E-state index contributed by atoms with van der Waals surface area (Å²) in [6.45, 7) is 8.52. The molecule has 0 bridgehead atoms. The molecule has 0 spiro atoms. The van der Waals surface area contributed by atoms with Crippen LogP contribution in [0.4, 0.5) is 0 Å². The average molecular weight is 299 g/mol. The van der Waals surface area contributed by atoms with Gasteiger partial charge >= 0.3 is 0 Å². The van der Waals surface area contributed by atoms with Gasteiger partial charge in [-0.25, -0.2) is 0 Å². The predicted octanol–water partition coefficient (Wildman–Crippen LogP) is 2.18. The van der Waals surface area contributed by atoms with Crippen molar-refractivity contribution in [1.29, 1.82) is 0 Å². The fourth-order valence-electron chi connectivity index (χ4n) is 2.56. The van der Waals surface area contributed by atoms with Gasteiger partial charge in [-0.15, -0.1) is 0 Å². The maximum Gasteiger partial charge on any atom is 0.290 e. The molecule has 1 aliphatic carbocycles. The summed E-state index contributed by atoms with van der Waals surface area (Å²) in [6, 6.07) is 0. The molecule has 0 amide bonds. The monoisotopic (exact) mass is 299 g/mol. The number of hydrogen-bond acceptors (Lipinski definition) is 4. The van der Waals surface area contributed by atoms with Crippen LogP contribution >= 0.6 is 12.8 Å². The molecule has 1 aromatic heterocycles. The molecule has 0 radical (unpaired) electrons. The van der Waals surface area contributed by atoms with Crippen molar-refractivity contribution in [3.8, 4) is 0 Å². The Morgan fingerprint density at radius 1 is 1.55 bits per heavy atom. The summed E-state index contributed by atoms with van der Waals surface area (Å²) in [4.78, 5) is 8.36. The van der Waals surface area contributed by atoms with E-state index in [1.807, 2.05) is 11.4 Å². The summed E-state index contributed by atoms with van der Waals surface area (Å²) in [5.74, 6) is 0. The fraction of sp³-hybridized carbons (Fsp3) is 0.714. The molecule has 2 rings (SSSR count). The van der Waals surface area contributed by atoms with Crippen molar-refractivity contribution >= 4 is 19.3 Å². The molecule has 20 heavy (non-hydrogen) atoms. The lowest BCUT2D eigenvalue weighted by atomic mass is 9.76. The second kappa shape index (κ2) is 7.13. The molecule has 0 atom stereocenters. The number of carboxylic acid groups (broad SMARTS) is 1. The van der Waals surface area contributed by atoms with E-state index in [2.05, 4.69) is 38.3 Å². The first-order valence-electron chi connectivity index (χ1n) is 6.83. The van der Waals surface area contributed by atoms with E-state index < -0.39 is 0 Å². The van der Waals surface area contributed by atoms with E-state index in [4.69, 9.17) is 15.0 Å². The Morgan fingerprint density at radius 2 is 2.15 bits per heavy atom. The third-order valence-electron chi connectivity index (χ3n) is 3.74. The highest BCUT2D eigenvalue weighted by atomic mass is 32.1. The number of likely N-dealkylation sites (N-methyl/N-ethyl adjacent to an activating group) is 1. The highest BCUT2D eigenvalue weighted by molar-refractivity contribution is 7.77. The van der Waals surface area contributed by atoms with Crippen molar-refractivity contribution in [2.75, 3.05) is 13.6 Å². The zero-order chi connectivity index (χ0) is 15.3. The van der Waals surface area contributed by atoms with E-state index in [9.17, 15) is 0 Å². The van der Waals surface area contributed by atoms with Crippen molar-refractivity contribution in [2.45, 2.75) is 46.6 Å². The molecule has 0 unspecified atom stereocenters. The van der Waals surface area contributed by atoms with Gasteiger partial charge in [-0.05, 0) is 44.2 Å². The first-order chi connectivity index (χ1) is 9.30. The third kappa shape index (κ3) is 4.52. The molecule has 0 saturated heterocycles. The van der Waals surface area contributed by atoms with Crippen LogP contribution in [0.15, 0.2) is 0 Å². The first kappa shape index (κ1) is 17.0. The van der Waals surface area contributed by atoms with E-state index in [-0.39, 0.29) is 6.47 Å². The smallest absolute Gasteiger partial charge is 0.290 e. The van der Waals surface area contributed by atoms with E-state index in [1.54, 1.807) is 0 Å². The number of aryl methyl sites for hydroxylation is 1. The van der Waals surface area contributed by atoms with Gasteiger partial charge in [0.05, 0.1) is 12.2 Å². The maximum atomic E-state index is 8.36. The Kier molecular flexibility index (Phi) is 6.07. The van der Waals surface area contributed by atoms with Gasteiger partial charge in [-0.1, -0.05) is 26.7 Å². The summed E-state index contributed by atoms with van der Waals surface area (Å²) in [6.07, 6.45) is 3.56. The van der Waals surface area contributed by atoms with Crippen LogP contribution in [-0.2, 0) is 24.2 Å². The van der Waals surface area contributed by atoms with Gasteiger partial charge in [0.25, 0.3) is 6.47 Å². The van der Waals surface area contributed by atoms with Crippen LogP contribution in [0.1, 0.15) is 37.2 Å². The molecule has 1 heterocycles. The predicted molar refractivity (Wildman–Crippen MR) is 83.1 cm³/mol. The Balaban J connectivity index is 0.000000612. The minimum absolute atomic E-state index is 0.250. The lowest BCUT2D eigenvalue weighted by molar-refractivity contribution is -0.122. The third-order valence-corrected chi connectivity index (χ3v) is 3.94. The summed E-state index contributed by atoms with van der Waals surface area (Å²) in [5.41, 5.74) is 4.60. The van der Waals surface area contributed by atoms with Crippen LogP contribution < -0.4 is 0 Å². The largest absolute Gasteiger partial charge is 0.483 e. The number of rotatable bonds is 3. The summed E-state index contributed by atoms with van der Waals surface area (Å²) >= 11 is 4.27. The van der Waals surface area contributed by atoms with Crippen molar-refractivity contribution in [3.05, 3.63) is 17.0 Å². The molecule has 6 heteroatoms. The number of carbonyl (C=O) groups is 1. The summed E-state index contributed by atoms with van der Waals surface area (Å²) in [7, 11) is 1.98. The van der Waals surface area contributed by atoms with Gasteiger partial charge < -0.3 is 5.11 Å². The Bertz CT molecular complexity index is 456. The van der Waals surface area contributed by atoms with Gasteiger partial charge in [0, 0.05) is 12.2 Å². The molecule has 1 aliphatic rings. The van der Waals surface area contributed by atoms with E-state index in [0.29, 0.717) is 5.41 Å². The van der Waals surface area contributed by atoms with Crippen molar-refractivity contribution in [2.24, 2.45) is 5.41 Å². The van der Waals surface area contributed by atoms with Crippen LogP contribution in [0.25, 0.3) is 0 Å². The molecule has 1 N–H and O–H groups in total. The van der Waals surface area contributed by atoms with Crippen molar-refractivity contribution in [3.63, 3.8) is 0 Å². The van der Waals surface area contributed by atoms with Crippen LogP contribution in [0.2, 0.25) is 0 Å². The fourth-order valence-corrected chi connectivity index (χ4v) is 2.65. The van der Waals surface area contributed by atoms with E-state index in [0.717, 1.165) is 19.5 Å². The second-order valence-corrected chi connectivity index (χ2v) is 6.74. The van der Waals surface area contributed by atoms with Crippen LogP contribution in [0, 0.1) is 12.3 Å². The molecular formula is C14H25N3O2S. The zero-order valence-corrected chi connectivity index (χ0v) is 13.7. The van der Waals surface area contributed by atoms with Gasteiger partial charge in [0.15, 0.2) is 0 Å². The molecular weight excluding hydrogens is 274 g/mol. The van der Waals surface area contributed by atoms with Crippen LogP contribution in [0.5, 0.6) is 0 Å². The van der Waals surface area contributed by atoms with Crippen molar-refractivity contribution in [1.82, 2.24) is 14.1 Å².